The van der Waals surface area contributed by atoms with Gasteiger partial charge in [0.05, 0.1) is 16.1 Å². The number of hydrogen-bond acceptors (Lipinski definition) is 10. The first kappa shape index (κ1) is 40.7. The molecule has 0 bridgehead atoms. The number of ketones is 2. The fourth-order valence-corrected chi connectivity index (χ4v) is 6.10. The summed E-state index contributed by atoms with van der Waals surface area (Å²) >= 11 is 12.0. The quantitative estimate of drug-likeness (QED) is 0.0732. The number of non-ortho nitro benzene ring substituents is 1. The zero-order chi connectivity index (χ0) is 40.7. The van der Waals surface area contributed by atoms with Crippen molar-refractivity contribution in [1.29, 1.82) is 0 Å². The fraction of sp³-hybridized carbons (Fsp3) is 0.150. The molecule has 0 fully saturated rings. The molecule has 0 unspecified atom stereocenters. The molecule has 56 heavy (non-hydrogen) atoms. The number of hydrogen-bond donors (Lipinski definition) is 2. The molecule has 0 atom stereocenters. The molecule has 0 radical (unpaired) electrons. The van der Waals surface area contributed by atoms with E-state index >= 15 is 0 Å². The van der Waals surface area contributed by atoms with E-state index in [9.17, 15) is 33.7 Å². The van der Waals surface area contributed by atoms with Gasteiger partial charge in [-0.25, -0.2) is 13.8 Å². The lowest BCUT2D eigenvalue weighted by atomic mass is 10.0. The molecular weight excluding hydrogens is 764 g/mol. The second-order valence-corrected chi connectivity index (χ2v) is 13.0. The third-order valence-corrected chi connectivity index (χ3v) is 8.70. The van der Waals surface area contributed by atoms with Crippen LogP contribution in [0, 0.1) is 15.9 Å². The minimum atomic E-state index is -0.530. The number of anilines is 4. The molecule has 4 aromatic carbocycles. The summed E-state index contributed by atoms with van der Waals surface area (Å²) in [6.07, 6.45) is 0. The summed E-state index contributed by atoms with van der Waals surface area (Å²) in [7, 11) is 0. The van der Waals surface area contributed by atoms with E-state index in [1.807, 2.05) is 0 Å². The molecule has 0 amide bonds. The SMILES string of the molecule is CCn1nc(-c2cccc(F)c2)c(C(C)=O)c(Nc2cccc(Cl)c2)c1=O.CCn1nc(-c2cccc([N+](=O)[O-])c2)c(C(C)=O)c(Nc2cccc(Cl)c2)c1=O. The second-order valence-electron chi connectivity index (χ2n) is 12.1. The Labute approximate surface area is 329 Å². The first-order valence-corrected chi connectivity index (χ1v) is 17.9. The normalized spacial score (nSPS) is 10.6. The average molecular weight is 799 g/mol. The van der Waals surface area contributed by atoms with Gasteiger partial charge in [0.1, 0.15) is 28.6 Å². The van der Waals surface area contributed by atoms with Gasteiger partial charge in [0.2, 0.25) is 0 Å². The highest BCUT2D eigenvalue weighted by atomic mass is 35.5. The zero-order valence-corrected chi connectivity index (χ0v) is 32.0. The van der Waals surface area contributed by atoms with E-state index in [2.05, 4.69) is 20.8 Å². The van der Waals surface area contributed by atoms with E-state index in [0.29, 0.717) is 39.1 Å². The van der Waals surface area contributed by atoms with Crippen molar-refractivity contribution in [2.24, 2.45) is 0 Å². The van der Waals surface area contributed by atoms with Gasteiger partial charge in [0, 0.05) is 57.8 Å². The summed E-state index contributed by atoms with van der Waals surface area (Å²) in [5.41, 5.74) is 1.51. The summed E-state index contributed by atoms with van der Waals surface area (Å²) in [5.74, 6) is -1.21. The van der Waals surface area contributed by atoms with E-state index in [1.54, 1.807) is 74.5 Å². The number of benzene rings is 4. The maximum absolute atomic E-state index is 13.7. The zero-order valence-electron chi connectivity index (χ0n) is 30.5. The number of aromatic nitrogens is 4. The van der Waals surface area contributed by atoms with Crippen molar-refractivity contribution in [1.82, 2.24) is 19.6 Å². The van der Waals surface area contributed by atoms with Crippen LogP contribution in [0.25, 0.3) is 22.5 Å². The van der Waals surface area contributed by atoms with Crippen molar-refractivity contribution < 1.29 is 18.9 Å². The van der Waals surface area contributed by atoms with Crippen LogP contribution in [0.15, 0.2) is 107 Å². The third kappa shape index (κ3) is 9.22. The van der Waals surface area contributed by atoms with Gasteiger partial charge in [-0.1, -0.05) is 59.6 Å². The Hall–Kier alpha value is -6.51. The monoisotopic (exact) mass is 797 g/mol. The van der Waals surface area contributed by atoms with E-state index in [1.165, 1.54) is 59.6 Å². The fourth-order valence-electron chi connectivity index (χ4n) is 5.71. The van der Waals surface area contributed by atoms with Crippen molar-refractivity contribution in [3.63, 3.8) is 0 Å². The summed E-state index contributed by atoms with van der Waals surface area (Å²) in [6.45, 7) is 6.71. The van der Waals surface area contributed by atoms with Gasteiger partial charge in [0.15, 0.2) is 11.6 Å². The van der Waals surface area contributed by atoms with Gasteiger partial charge in [0.25, 0.3) is 16.8 Å². The summed E-state index contributed by atoms with van der Waals surface area (Å²) < 4.78 is 16.2. The van der Waals surface area contributed by atoms with Gasteiger partial charge in [-0.2, -0.15) is 10.2 Å². The first-order chi connectivity index (χ1) is 26.7. The van der Waals surface area contributed by atoms with Crippen LogP contribution in [0.1, 0.15) is 48.4 Å². The van der Waals surface area contributed by atoms with Gasteiger partial charge in [-0.15, -0.1) is 0 Å². The predicted octanol–water partition coefficient (Wildman–Crippen LogP) is 9.11. The average Bonchev–Trinajstić information content (AvgIpc) is 3.16. The minimum absolute atomic E-state index is 0.0399. The number of nitro groups is 1. The van der Waals surface area contributed by atoms with Crippen LogP contribution in [0.2, 0.25) is 10.0 Å². The number of carbonyl (C=O) groups excluding carboxylic acids is 2. The lowest BCUT2D eigenvalue weighted by molar-refractivity contribution is -0.384. The Morgan fingerprint density at radius 1 is 0.696 bits per heavy atom. The Morgan fingerprint density at radius 3 is 1.52 bits per heavy atom. The molecule has 286 valence electrons. The molecule has 2 aromatic heterocycles. The molecule has 2 heterocycles. The number of nitro benzene ring substituents is 1. The molecule has 6 aromatic rings. The number of halogens is 3. The van der Waals surface area contributed by atoms with Crippen LogP contribution in [0.5, 0.6) is 0 Å². The molecule has 16 heteroatoms. The Kier molecular flexibility index (Phi) is 12.9. The Morgan fingerprint density at radius 2 is 1.12 bits per heavy atom. The van der Waals surface area contributed by atoms with Gasteiger partial charge < -0.3 is 10.6 Å². The highest BCUT2D eigenvalue weighted by molar-refractivity contribution is 6.31. The minimum Gasteiger partial charge on any atom is -0.350 e. The van der Waals surface area contributed by atoms with Crippen molar-refractivity contribution in [2.45, 2.75) is 40.8 Å². The van der Waals surface area contributed by atoms with Crippen LogP contribution >= 0.6 is 23.2 Å². The van der Waals surface area contributed by atoms with Crippen molar-refractivity contribution in [2.75, 3.05) is 10.6 Å². The Bertz CT molecular complexity index is 2610. The number of aryl methyl sites for hydroxylation is 2. The summed E-state index contributed by atoms with van der Waals surface area (Å²) in [4.78, 5) is 61.3. The van der Waals surface area contributed by atoms with Gasteiger partial charge >= 0.3 is 0 Å². The molecule has 0 spiro atoms. The largest absolute Gasteiger partial charge is 0.350 e. The number of rotatable bonds is 11. The van der Waals surface area contributed by atoms with Crippen molar-refractivity contribution in [3.05, 3.63) is 155 Å². The number of nitrogens with one attached hydrogen (secondary N) is 2. The third-order valence-electron chi connectivity index (χ3n) is 8.23. The lowest BCUT2D eigenvalue weighted by Crippen LogP contribution is -2.28. The maximum Gasteiger partial charge on any atom is 0.291 e. The van der Waals surface area contributed by atoms with E-state index in [4.69, 9.17) is 23.2 Å². The van der Waals surface area contributed by atoms with Crippen LogP contribution in [-0.2, 0) is 13.1 Å². The molecule has 2 N–H and O–H groups in total. The molecule has 13 nitrogen and oxygen atoms in total. The highest BCUT2D eigenvalue weighted by Crippen LogP contribution is 2.31. The molecule has 6 rings (SSSR count). The Balaban J connectivity index is 0.000000215. The van der Waals surface area contributed by atoms with Crippen LogP contribution in [-0.4, -0.2) is 36.1 Å². The first-order valence-electron chi connectivity index (χ1n) is 17.1. The molecule has 0 saturated heterocycles. The highest BCUT2D eigenvalue weighted by Gasteiger charge is 2.24. The summed E-state index contributed by atoms with van der Waals surface area (Å²) in [5, 5.41) is 26.7. The van der Waals surface area contributed by atoms with E-state index in [0.717, 1.165) is 0 Å². The second kappa shape index (κ2) is 17.8. The van der Waals surface area contributed by atoms with E-state index in [-0.39, 0.29) is 51.9 Å². The van der Waals surface area contributed by atoms with E-state index < -0.39 is 27.6 Å². The molecule has 0 aliphatic rings. The lowest BCUT2D eigenvalue weighted by Gasteiger charge is -2.16. The number of nitrogens with zero attached hydrogens (tertiary/aromatic N) is 5. The summed E-state index contributed by atoms with van der Waals surface area (Å²) in [6, 6.07) is 25.1. The number of Topliss-reactive ketones (excluding diaryl/α,β-unsaturated/α-hetero) is 2. The predicted molar refractivity (Wildman–Crippen MR) is 215 cm³/mol. The molecule has 0 saturated carbocycles. The van der Waals surface area contributed by atoms with Gasteiger partial charge in [-0.05, 0) is 76.2 Å². The van der Waals surface area contributed by atoms with Crippen molar-refractivity contribution in [3.8, 4) is 22.5 Å². The molecule has 0 aliphatic carbocycles. The number of carbonyl (C=O) groups is 2. The van der Waals surface area contributed by atoms with Gasteiger partial charge in [-0.3, -0.25) is 29.3 Å². The van der Waals surface area contributed by atoms with Crippen LogP contribution in [0.4, 0.5) is 32.8 Å². The van der Waals surface area contributed by atoms with Crippen LogP contribution < -0.4 is 21.8 Å². The molecular formula is C40H34Cl2FN7O6. The topological polar surface area (TPSA) is 171 Å². The smallest absolute Gasteiger partial charge is 0.291 e. The van der Waals surface area contributed by atoms with Crippen molar-refractivity contribution >= 4 is 63.2 Å². The van der Waals surface area contributed by atoms with Crippen LogP contribution in [0.3, 0.4) is 0 Å². The maximum atomic E-state index is 13.7. The standard InChI is InChI=1S/C20H17ClFN3O2.C20H17ClN4O4/c1-3-25-20(27)19(23-16-9-5-7-14(21)11-16)17(12(2)26)18(24-25)13-6-4-8-15(22)10-13;1-3-24-20(27)19(22-15-8-5-7-14(21)11-15)17(12(2)26)18(23-24)13-6-4-9-16(10-13)25(28)29/h4-11,23H,3H2,1-2H3;4-11,22H,3H2,1-2H3. The molecule has 0 aliphatic heterocycles.